The van der Waals surface area contributed by atoms with Crippen molar-refractivity contribution in [3.05, 3.63) is 21.4 Å². The summed E-state index contributed by atoms with van der Waals surface area (Å²) in [7, 11) is 0. The van der Waals surface area contributed by atoms with Crippen LogP contribution in [0.3, 0.4) is 0 Å². The second-order valence-corrected chi connectivity index (χ2v) is 7.13. The van der Waals surface area contributed by atoms with Crippen LogP contribution in [0.5, 0.6) is 0 Å². The molecule has 0 aliphatic heterocycles. The molecule has 1 rings (SSSR count). The molecule has 0 unspecified atom stereocenters. The van der Waals surface area contributed by atoms with Crippen LogP contribution in [0.15, 0.2) is 6.07 Å². The summed E-state index contributed by atoms with van der Waals surface area (Å²) in [4.78, 5) is 14.3. The Morgan fingerprint density at radius 3 is 2.00 bits per heavy atom. The fourth-order valence-corrected chi connectivity index (χ4v) is 3.62. The molecule has 0 aromatic carbocycles. The smallest absolute Gasteiger partial charge is 0.173 e. The van der Waals surface area contributed by atoms with E-state index in [1.54, 1.807) is 11.3 Å². The SMILES string of the molecule is CCCCCCCCCCCC(=O)c1sc(C)cc1C. The van der Waals surface area contributed by atoms with Crippen molar-refractivity contribution in [1.82, 2.24) is 0 Å². The lowest BCUT2D eigenvalue weighted by molar-refractivity contribution is 0.0982. The molecule has 1 aromatic heterocycles. The van der Waals surface area contributed by atoms with Crippen LogP contribution < -0.4 is 0 Å². The predicted molar refractivity (Wildman–Crippen MR) is 90.0 cm³/mol. The Labute approximate surface area is 128 Å². The number of unbranched alkanes of at least 4 members (excludes halogenated alkanes) is 8. The van der Waals surface area contributed by atoms with Crippen molar-refractivity contribution in [3.8, 4) is 0 Å². The highest BCUT2D eigenvalue weighted by molar-refractivity contribution is 7.14. The van der Waals surface area contributed by atoms with Crippen LogP contribution in [0.1, 0.15) is 91.2 Å². The van der Waals surface area contributed by atoms with Crippen LogP contribution >= 0.6 is 11.3 Å². The van der Waals surface area contributed by atoms with Gasteiger partial charge in [0, 0.05) is 11.3 Å². The second-order valence-electron chi connectivity index (χ2n) is 5.87. The Morgan fingerprint density at radius 2 is 1.50 bits per heavy atom. The molecule has 0 saturated carbocycles. The summed E-state index contributed by atoms with van der Waals surface area (Å²) in [6.45, 7) is 6.38. The summed E-state index contributed by atoms with van der Waals surface area (Å²) in [5, 5.41) is 0. The maximum atomic E-state index is 12.1. The minimum Gasteiger partial charge on any atom is -0.293 e. The quantitative estimate of drug-likeness (QED) is 0.338. The Bertz CT molecular complexity index is 392. The van der Waals surface area contributed by atoms with Gasteiger partial charge in [-0.05, 0) is 31.9 Å². The molecular weight excluding hydrogens is 264 g/mol. The van der Waals surface area contributed by atoms with Crippen molar-refractivity contribution in [2.75, 3.05) is 0 Å². The minimum atomic E-state index is 0.351. The van der Waals surface area contributed by atoms with E-state index in [9.17, 15) is 4.79 Å². The van der Waals surface area contributed by atoms with Gasteiger partial charge in [-0.25, -0.2) is 0 Å². The molecule has 0 N–H and O–H groups in total. The molecule has 20 heavy (non-hydrogen) atoms. The van der Waals surface area contributed by atoms with Gasteiger partial charge in [0.2, 0.25) is 0 Å². The van der Waals surface area contributed by atoms with E-state index in [4.69, 9.17) is 0 Å². The van der Waals surface area contributed by atoms with Crippen molar-refractivity contribution < 1.29 is 4.79 Å². The van der Waals surface area contributed by atoms with Gasteiger partial charge in [0.15, 0.2) is 5.78 Å². The highest BCUT2D eigenvalue weighted by Crippen LogP contribution is 2.23. The molecular formula is C18H30OS. The summed E-state index contributed by atoms with van der Waals surface area (Å²) >= 11 is 1.65. The number of ketones is 1. The third-order valence-electron chi connectivity index (χ3n) is 3.80. The van der Waals surface area contributed by atoms with Crippen LogP contribution in [-0.2, 0) is 0 Å². The molecule has 0 aliphatic carbocycles. The van der Waals surface area contributed by atoms with E-state index in [1.807, 2.05) is 6.92 Å². The Hall–Kier alpha value is -0.630. The molecule has 2 heteroatoms. The number of Topliss-reactive ketones (excluding diaryl/α,β-unsaturated/α-hetero) is 1. The first-order valence-electron chi connectivity index (χ1n) is 8.25. The number of hydrogen-bond donors (Lipinski definition) is 0. The Balaban J connectivity index is 2.04. The lowest BCUT2D eigenvalue weighted by atomic mass is 10.0. The average Bonchev–Trinajstić information content (AvgIpc) is 2.75. The van der Waals surface area contributed by atoms with E-state index in [0.717, 1.165) is 23.3 Å². The maximum absolute atomic E-state index is 12.1. The van der Waals surface area contributed by atoms with Crippen molar-refractivity contribution in [1.29, 1.82) is 0 Å². The van der Waals surface area contributed by atoms with Crippen molar-refractivity contribution >= 4 is 17.1 Å². The molecule has 0 radical (unpaired) electrons. The number of hydrogen-bond acceptors (Lipinski definition) is 2. The molecule has 0 fully saturated rings. The van der Waals surface area contributed by atoms with Gasteiger partial charge in [-0.15, -0.1) is 11.3 Å². The monoisotopic (exact) mass is 294 g/mol. The highest BCUT2D eigenvalue weighted by atomic mass is 32.1. The molecule has 0 atom stereocenters. The third kappa shape index (κ3) is 6.69. The normalized spacial score (nSPS) is 10.9. The van der Waals surface area contributed by atoms with E-state index < -0.39 is 0 Å². The van der Waals surface area contributed by atoms with E-state index in [-0.39, 0.29) is 0 Å². The maximum Gasteiger partial charge on any atom is 0.173 e. The number of thiophene rings is 1. The predicted octanol–water partition coefficient (Wildman–Crippen LogP) is 6.47. The van der Waals surface area contributed by atoms with E-state index in [0.29, 0.717) is 5.78 Å². The molecule has 114 valence electrons. The largest absolute Gasteiger partial charge is 0.293 e. The van der Waals surface area contributed by atoms with Crippen LogP contribution in [-0.4, -0.2) is 5.78 Å². The summed E-state index contributed by atoms with van der Waals surface area (Å²) in [6, 6.07) is 2.12. The van der Waals surface area contributed by atoms with Crippen molar-refractivity contribution in [2.24, 2.45) is 0 Å². The van der Waals surface area contributed by atoms with Gasteiger partial charge in [0.05, 0.1) is 4.88 Å². The van der Waals surface area contributed by atoms with Crippen LogP contribution in [0.2, 0.25) is 0 Å². The van der Waals surface area contributed by atoms with Gasteiger partial charge in [-0.3, -0.25) is 4.79 Å². The molecule has 0 bridgehead atoms. The molecule has 0 amide bonds. The van der Waals surface area contributed by atoms with E-state index in [1.165, 1.54) is 56.2 Å². The summed E-state index contributed by atoms with van der Waals surface area (Å²) in [5.74, 6) is 0.351. The van der Waals surface area contributed by atoms with E-state index >= 15 is 0 Å². The Kier molecular flexibility index (Phi) is 8.84. The van der Waals surface area contributed by atoms with Crippen LogP contribution in [0, 0.1) is 13.8 Å². The van der Waals surface area contributed by atoms with Gasteiger partial charge in [-0.2, -0.15) is 0 Å². The summed E-state index contributed by atoms with van der Waals surface area (Å²) in [5.41, 5.74) is 1.16. The first-order chi connectivity index (χ1) is 9.65. The van der Waals surface area contributed by atoms with Crippen molar-refractivity contribution in [3.63, 3.8) is 0 Å². The number of carbonyl (C=O) groups is 1. The topological polar surface area (TPSA) is 17.1 Å². The Morgan fingerprint density at radius 1 is 0.950 bits per heavy atom. The van der Waals surface area contributed by atoms with Gasteiger partial charge in [0.1, 0.15) is 0 Å². The highest BCUT2D eigenvalue weighted by Gasteiger charge is 2.11. The minimum absolute atomic E-state index is 0.351. The van der Waals surface area contributed by atoms with Gasteiger partial charge in [0.25, 0.3) is 0 Å². The summed E-state index contributed by atoms with van der Waals surface area (Å²) < 4.78 is 0. The average molecular weight is 295 g/mol. The first kappa shape index (κ1) is 17.4. The molecule has 0 saturated heterocycles. The zero-order chi connectivity index (χ0) is 14.8. The molecule has 1 aromatic rings. The number of rotatable bonds is 11. The standard InChI is InChI=1S/C18H30OS/c1-4-5-6-7-8-9-10-11-12-13-17(19)18-15(2)14-16(3)20-18/h14H,4-13H2,1-3H3. The second kappa shape index (κ2) is 10.1. The fraction of sp³-hybridized carbons (Fsp3) is 0.722. The summed E-state index contributed by atoms with van der Waals surface area (Å²) in [6.07, 6.45) is 12.5. The van der Waals surface area contributed by atoms with Gasteiger partial charge in [-0.1, -0.05) is 58.3 Å². The van der Waals surface area contributed by atoms with E-state index in [2.05, 4.69) is 19.9 Å². The molecule has 0 spiro atoms. The zero-order valence-corrected chi connectivity index (χ0v) is 14.3. The van der Waals surface area contributed by atoms with Crippen LogP contribution in [0.25, 0.3) is 0 Å². The van der Waals surface area contributed by atoms with Crippen molar-refractivity contribution in [2.45, 2.75) is 85.0 Å². The lowest BCUT2D eigenvalue weighted by Gasteiger charge is -2.02. The number of carbonyl (C=O) groups excluding carboxylic acids is 1. The third-order valence-corrected chi connectivity index (χ3v) is 5.00. The lowest BCUT2D eigenvalue weighted by Crippen LogP contribution is -1.97. The number of aryl methyl sites for hydroxylation is 2. The molecule has 1 nitrogen and oxygen atoms in total. The van der Waals surface area contributed by atoms with Crippen LogP contribution in [0.4, 0.5) is 0 Å². The van der Waals surface area contributed by atoms with Gasteiger partial charge >= 0.3 is 0 Å². The zero-order valence-electron chi connectivity index (χ0n) is 13.5. The molecule has 0 aliphatic rings. The van der Waals surface area contributed by atoms with Gasteiger partial charge < -0.3 is 0 Å². The first-order valence-corrected chi connectivity index (χ1v) is 9.07. The fourth-order valence-electron chi connectivity index (χ4n) is 2.63. The molecule has 1 heterocycles.